The minimum Gasteiger partial charge on any atom is -0.870 e. The fourth-order valence-corrected chi connectivity index (χ4v) is 0. The van der Waals surface area contributed by atoms with Crippen LogP contribution in [0.5, 0.6) is 0 Å². The average molecular weight is 102 g/mol. The molecule has 26 valence electrons. The predicted octanol–water partition coefficient (Wildman–Crippen LogP) is -2.26. The summed E-state index contributed by atoms with van der Waals surface area (Å²) in [6, 6.07) is 0. The van der Waals surface area contributed by atoms with Crippen molar-refractivity contribution in [2.45, 2.75) is 0 Å². The Bertz CT molecular complexity index is 17.1. The summed E-state index contributed by atoms with van der Waals surface area (Å²) in [4.78, 5) is 0. The van der Waals surface area contributed by atoms with Crippen molar-refractivity contribution in [3.8, 4) is 0 Å². The molecule has 0 saturated heterocycles. The molecule has 0 unspecified atom stereocenters. The maximum Gasteiger partial charge on any atom is 1.00 e. The van der Waals surface area contributed by atoms with E-state index in [0.29, 0.717) is 0 Å². The van der Waals surface area contributed by atoms with E-state index in [1.165, 1.54) is 0 Å². The Hall–Kier alpha value is 1.06. The van der Waals surface area contributed by atoms with Crippen LogP contribution in [0, 0.1) is 0 Å². The Kier molecular flexibility index (Phi) is 65.1. The van der Waals surface area contributed by atoms with Crippen LogP contribution in [-0.4, -0.2) is 12.1 Å². The molecule has 4 heteroatoms. The summed E-state index contributed by atoms with van der Waals surface area (Å²) in [6.07, 6.45) is 0. The van der Waals surface area contributed by atoms with Crippen LogP contribution in [0.25, 0.3) is 0 Å². The second-order valence-corrected chi connectivity index (χ2v) is 0.548. The van der Waals surface area contributed by atoms with E-state index in [9.17, 15) is 0 Å². The molecular weight excluding hydrogens is 98.0 g/mol. The van der Waals surface area contributed by atoms with Crippen molar-refractivity contribution >= 4 is 8.46 Å². The van der Waals surface area contributed by atoms with E-state index in [4.69, 9.17) is 4.57 Å². The first-order valence-corrected chi connectivity index (χ1v) is 1.89. The van der Waals surface area contributed by atoms with Crippen molar-refractivity contribution in [3.63, 3.8) is 0 Å². The number of hydrogen-bond donors (Lipinski definition) is 0. The Morgan fingerprint density at radius 1 is 1.60 bits per heavy atom. The zero-order valence-corrected chi connectivity index (χ0v) is 6.20. The molecule has 0 amide bonds. The molecule has 1 N–H and O–H groups in total. The Labute approximate surface area is 54.8 Å². The van der Waals surface area contributed by atoms with Gasteiger partial charge in [-0.2, -0.15) is 0 Å². The van der Waals surface area contributed by atoms with Gasteiger partial charge in [-0.1, -0.05) is 0 Å². The SMILES string of the molecule is CP=O.[Na+].[OH-]. The van der Waals surface area contributed by atoms with Crippen LogP contribution >= 0.6 is 8.46 Å². The second-order valence-electron chi connectivity index (χ2n) is 0.183. The van der Waals surface area contributed by atoms with E-state index < -0.39 is 0 Å². The summed E-state index contributed by atoms with van der Waals surface area (Å²) in [7, 11) is 0.167. The predicted molar refractivity (Wildman–Crippen MR) is 15.5 cm³/mol. The normalized spacial score (nSPS) is 4.20. The molecule has 0 aliphatic rings. The van der Waals surface area contributed by atoms with E-state index in [1.807, 2.05) is 0 Å². The van der Waals surface area contributed by atoms with Gasteiger partial charge in [0.25, 0.3) is 0 Å². The van der Waals surface area contributed by atoms with Gasteiger partial charge in [-0.05, 0) is 0 Å². The van der Waals surface area contributed by atoms with Crippen molar-refractivity contribution in [3.05, 3.63) is 0 Å². The smallest absolute Gasteiger partial charge is 0.870 e. The summed E-state index contributed by atoms with van der Waals surface area (Å²) in [5.74, 6) is 0. The molecule has 0 fully saturated rings. The van der Waals surface area contributed by atoms with Crippen LogP contribution in [0.2, 0.25) is 0 Å². The first-order chi connectivity index (χ1) is 1.41. The quantitative estimate of drug-likeness (QED) is 0.256. The van der Waals surface area contributed by atoms with Crippen LogP contribution < -0.4 is 29.6 Å². The van der Waals surface area contributed by atoms with Gasteiger partial charge in [-0.3, -0.25) is 4.57 Å². The largest absolute Gasteiger partial charge is 1.00 e. The third-order valence-electron chi connectivity index (χ3n) is 0. The molecule has 0 aromatic carbocycles. The van der Waals surface area contributed by atoms with Gasteiger partial charge < -0.3 is 5.48 Å². The summed E-state index contributed by atoms with van der Waals surface area (Å²) in [5.41, 5.74) is 0. The van der Waals surface area contributed by atoms with Crippen LogP contribution in [0.4, 0.5) is 0 Å². The first kappa shape index (κ1) is 16.6. The molecule has 0 aliphatic carbocycles. The molecule has 2 nitrogen and oxygen atoms in total. The van der Waals surface area contributed by atoms with Gasteiger partial charge >= 0.3 is 29.6 Å². The van der Waals surface area contributed by atoms with Gasteiger partial charge in [0.05, 0.1) is 0 Å². The van der Waals surface area contributed by atoms with Crippen LogP contribution in [0.3, 0.4) is 0 Å². The Morgan fingerprint density at radius 2 is 1.60 bits per heavy atom. The van der Waals surface area contributed by atoms with Gasteiger partial charge in [0.2, 0.25) is 0 Å². The van der Waals surface area contributed by atoms with Crippen molar-refractivity contribution in [2.75, 3.05) is 6.66 Å². The van der Waals surface area contributed by atoms with Gasteiger partial charge in [0.15, 0.2) is 8.46 Å². The molecule has 0 aliphatic heterocycles. The van der Waals surface area contributed by atoms with Crippen LogP contribution in [0.1, 0.15) is 0 Å². The average Bonchev–Trinajstić information content (AvgIpc) is 0.918. The molecular formula is CH4NaO2P. The molecule has 0 aromatic heterocycles. The standard InChI is InChI=1S/CH3OP.Na.H2O/c1-3-2;;/h1H3;;1H2/q;+1;/p-1. The van der Waals surface area contributed by atoms with Gasteiger partial charge in [-0.15, -0.1) is 0 Å². The maximum atomic E-state index is 8.90. The van der Waals surface area contributed by atoms with Crippen molar-refractivity contribution in [1.82, 2.24) is 0 Å². The molecule has 0 atom stereocenters. The van der Waals surface area contributed by atoms with Crippen LogP contribution in [-0.2, 0) is 4.57 Å². The molecule has 0 rings (SSSR count). The molecule has 0 bridgehead atoms. The Balaban J connectivity index is -0.0000000200. The second kappa shape index (κ2) is 19.7. The summed E-state index contributed by atoms with van der Waals surface area (Å²) in [5, 5.41) is 0. The van der Waals surface area contributed by atoms with E-state index in [1.54, 1.807) is 6.66 Å². The summed E-state index contributed by atoms with van der Waals surface area (Å²) >= 11 is 0. The van der Waals surface area contributed by atoms with Gasteiger partial charge in [-0.25, -0.2) is 0 Å². The summed E-state index contributed by atoms with van der Waals surface area (Å²) < 4.78 is 8.90. The zero-order valence-electron chi connectivity index (χ0n) is 3.30. The van der Waals surface area contributed by atoms with E-state index >= 15 is 0 Å². The molecule has 0 heterocycles. The molecule has 0 radical (unpaired) electrons. The zero-order chi connectivity index (χ0) is 2.71. The number of hydrogen-bond acceptors (Lipinski definition) is 2. The van der Waals surface area contributed by atoms with E-state index in [0.717, 1.165) is 0 Å². The van der Waals surface area contributed by atoms with E-state index in [2.05, 4.69) is 0 Å². The number of rotatable bonds is 0. The Morgan fingerprint density at radius 3 is 1.60 bits per heavy atom. The monoisotopic (exact) mass is 102 g/mol. The molecule has 0 aromatic rings. The minimum absolute atomic E-state index is 0. The summed E-state index contributed by atoms with van der Waals surface area (Å²) in [6.45, 7) is 1.54. The molecule has 5 heavy (non-hydrogen) atoms. The van der Waals surface area contributed by atoms with E-state index in [-0.39, 0.29) is 43.5 Å². The van der Waals surface area contributed by atoms with Gasteiger partial charge in [0.1, 0.15) is 0 Å². The third-order valence-corrected chi connectivity index (χ3v) is 0. The van der Waals surface area contributed by atoms with Crippen molar-refractivity contribution < 1.29 is 39.6 Å². The third kappa shape index (κ3) is 42.2. The van der Waals surface area contributed by atoms with Gasteiger partial charge in [0, 0.05) is 6.66 Å². The minimum atomic E-state index is 0. The van der Waals surface area contributed by atoms with Crippen LogP contribution in [0.15, 0.2) is 0 Å². The van der Waals surface area contributed by atoms with Crippen molar-refractivity contribution in [1.29, 1.82) is 0 Å². The first-order valence-electron chi connectivity index (χ1n) is 0.630. The fraction of sp³-hybridized carbons (Fsp3) is 1.00. The topological polar surface area (TPSA) is 47.1 Å². The molecule has 0 saturated carbocycles. The van der Waals surface area contributed by atoms with Crippen molar-refractivity contribution in [2.24, 2.45) is 0 Å². The fourth-order valence-electron chi connectivity index (χ4n) is 0. The molecule has 0 spiro atoms. The maximum absolute atomic E-state index is 8.90.